The van der Waals surface area contributed by atoms with Crippen LogP contribution in [-0.2, 0) is 0 Å². The summed E-state index contributed by atoms with van der Waals surface area (Å²) in [6.07, 6.45) is 13.9. The van der Waals surface area contributed by atoms with E-state index in [0.717, 1.165) is 33.4 Å². The van der Waals surface area contributed by atoms with Crippen molar-refractivity contribution < 1.29 is 4.57 Å². The van der Waals surface area contributed by atoms with Crippen LogP contribution in [0.2, 0.25) is 0 Å². The van der Waals surface area contributed by atoms with Gasteiger partial charge in [-0.25, -0.2) is 13.4 Å². The molecule has 0 amide bonds. The molecule has 27 heavy (non-hydrogen) atoms. The summed E-state index contributed by atoms with van der Waals surface area (Å²) >= 11 is 0. The lowest BCUT2D eigenvalue weighted by atomic mass is 10.1. The summed E-state index contributed by atoms with van der Waals surface area (Å²) in [6, 6.07) is 16.7. The van der Waals surface area contributed by atoms with Gasteiger partial charge in [-0.3, -0.25) is 0 Å². The van der Waals surface area contributed by atoms with Gasteiger partial charge in [0.05, 0.1) is 23.4 Å². The first-order chi connectivity index (χ1) is 13.3. The van der Waals surface area contributed by atoms with Crippen LogP contribution in [0.3, 0.4) is 0 Å². The first-order valence-electron chi connectivity index (χ1n) is 8.74. The quantitative estimate of drug-likeness (QED) is 0.450. The van der Waals surface area contributed by atoms with E-state index in [9.17, 15) is 0 Å². The first kappa shape index (κ1) is 14.3. The molecule has 6 aromatic heterocycles. The second-order valence-corrected chi connectivity index (χ2v) is 6.61. The van der Waals surface area contributed by atoms with E-state index in [2.05, 4.69) is 68.2 Å². The van der Waals surface area contributed by atoms with E-state index in [4.69, 9.17) is 0 Å². The fourth-order valence-corrected chi connectivity index (χ4v) is 3.52. The molecule has 6 nitrogen and oxygen atoms in total. The number of nitrogens with zero attached hydrogens (tertiary/aromatic N) is 6. The van der Waals surface area contributed by atoms with E-state index in [0.29, 0.717) is 0 Å². The number of rotatable bonds is 2. The van der Waals surface area contributed by atoms with E-state index in [-0.39, 0.29) is 0 Å². The van der Waals surface area contributed by atoms with Crippen molar-refractivity contribution in [1.82, 2.24) is 23.6 Å². The highest BCUT2D eigenvalue weighted by Gasteiger charge is 2.11. The van der Waals surface area contributed by atoms with Crippen molar-refractivity contribution in [3.05, 3.63) is 92.0 Å². The summed E-state index contributed by atoms with van der Waals surface area (Å²) in [4.78, 5) is 0. The van der Waals surface area contributed by atoms with Crippen molar-refractivity contribution in [2.24, 2.45) is 0 Å². The summed E-state index contributed by atoms with van der Waals surface area (Å²) in [6.45, 7) is 0. The Morgan fingerprint density at radius 1 is 0.778 bits per heavy atom. The summed E-state index contributed by atoms with van der Waals surface area (Å²) in [5, 5.41) is 8.85. The largest absolute Gasteiger partial charge is 0.254 e. The molecule has 0 aromatic carbocycles. The Morgan fingerprint density at radius 3 is 2.70 bits per heavy atom. The number of hydrogen-bond donors (Lipinski definition) is 0. The molecule has 6 heteroatoms. The molecule has 128 valence electrons. The Hall–Kier alpha value is -3.93. The third kappa shape index (κ3) is 2.23. The predicted octanol–water partition coefficient (Wildman–Crippen LogP) is 3.18. The molecule has 0 aliphatic rings. The lowest BCUT2D eigenvalue weighted by molar-refractivity contribution is -0.594. The minimum atomic E-state index is 1.03. The molecule has 0 bridgehead atoms. The molecule has 0 N–H and O–H groups in total. The standard InChI is InChI=1S/C21H15N6/c1-2-7-24-15-25(14-19(24)3-1)21-11-20-10-17(13-27(20)23-12-21)16-5-8-26-18(9-16)4-6-22-26/h1-15H/q+1. The van der Waals surface area contributed by atoms with Gasteiger partial charge in [-0.1, -0.05) is 6.07 Å². The van der Waals surface area contributed by atoms with Crippen molar-refractivity contribution in [2.75, 3.05) is 0 Å². The monoisotopic (exact) mass is 351 g/mol. The summed E-state index contributed by atoms with van der Waals surface area (Å²) < 4.78 is 7.96. The normalized spacial score (nSPS) is 11.7. The van der Waals surface area contributed by atoms with Gasteiger partial charge in [-0.15, -0.1) is 0 Å². The van der Waals surface area contributed by atoms with Gasteiger partial charge in [0.25, 0.3) is 6.33 Å². The van der Waals surface area contributed by atoms with Crippen molar-refractivity contribution in [1.29, 1.82) is 0 Å². The lowest BCUT2D eigenvalue weighted by Crippen LogP contribution is -2.27. The summed E-state index contributed by atoms with van der Waals surface area (Å²) in [5.41, 5.74) is 6.59. The van der Waals surface area contributed by atoms with Crippen molar-refractivity contribution in [2.45, 2.75) is 0 Å². The Bertz CT molecular complexity index is 1400. The van der Waals surface area contributed by atoms with Crippen LogP contribution in [0, 0.1) is 0 Å². The maximum Gasteiger partial charge on any atom is 0.254 e. The molecule has 0 radical (unpaired) electrons. The second-order valence-electron chi connectivity index (χ2n) is 6.61. The Kier molecular flexibility index (Phi) is 2.79. The predicted molar refractivity (Wildman–Crippen MR) is 102 cm³/mol. The number of pyridine rings is 2. The van der Waals surface area contributed by atoms with Gasteiger partial charge in [0.2, 0.25) is 0 Å². The van der Waals surface area contributed by atoms with Gasteiger partial charge < -0.3 is 0 Å². The van der Waals surface area contributed by atoms with Crippen molar-refractivity contribution in [3.63, 3.8) is 0 Å². The molecule has 0 unspecified atom stereocenters. The maximum absolute atomic E-state index is 4.60. The molecule has 6 heterocycles. The van der Waals surface area contributed by atoms with Gasteiger partial charge in [0.15, 0.2) is 11.2 Å². The van der Waals surface area contributed by atoms with Crippen LogP contribution in [0.25, 0.3) is 33.4 Å². The van der Waals surface area contributed by atoms with E-state index < -0.39 is 0 Å². The topological polar surface area (TPSA) is 42.9 Å². The maximum atomic E-state index is 4.60. The smallest absolute Gasteiger partial charge is 0.241 e. The molecule has 0 aliphatic carbocycles. The van der Waals surface area contributed by atoms with E-state index in [1.54, 1.807) is 0 Å². The number of fused-ring (bicyclic) bond motifs is 3. The first-order valence-corrected chi connectivity index (χ1v) is 8.74. The fourth-order valence-electron chi connectivity index (χ4n) is 3.52. The van der Waals surface area contributed by atoms with Crippen LogP contribution in [0.4, 0.5) is 0 Å². The van der Waals surface area contributed by atoms with Crippen LogP contribution in [0.15, 0.2) is 92.0 Å². The SMILES string of the molecule is c1ccn2c[n+](-c3cnn4cc(-c5ccn6nccc6c5)cc4c3)cc2c1. The Labute approximate surface area is 154 Å². The minimum absolute atomic E-state index is 1.03. The van der Waals surface area contributed by atoms with Crippen LogP contribution >= 0.6 is 0 Å². The molecule has 0 saturated heterocycles. The van der Waals surface area contributed by atoms with E-state index in [1.165, 1.54) is 0 Å². The zero-order chi connectivity index (χ0) is 17.8. The Balaban J connectivity index is 1.46. The fraction of sp³-hybridized carbons (Fsp3) is 0. The van der Waals surface area contributed by atoms with Crippen LogP contribution < -0.4 is 4.57 Å². The molecule has 0 saturated carbocycles. The highest BCUT2D eigenvalue weighted by molar-refractivity contribution is 5.73. The van der Waals surface area contributed by atoms with Crippen LogP contribution in [-0.4, -0.2) is 23.6 Å². The van der Waals surface area contributed by atoms with Gasteiger partial charge in [-0.2, -0.15) is 14.8 Å². The third-order valence-corrected chi connectivity index (χ3v) is 4.91. The molecule has 0 fully saturated rings. The molecule has 0 atom stereocenters. The molecule has 0 aliphatic heterocycles. The molecular formula is C21H15N6+. The van der Waals surface area contributed by atoms with Crippen molar-refractivity contribution >= 4 is 16.6 Å². The number of hydrogen-bond acceptors (Lipinski definition) is 2. The van der Waals surface area contributed by atoms with Gasteiger partial charge in [-0.05, 0) is 42.0 Å². The molecule has 0 spiro atoms. The second kappa shape index (κ2) is 5.28. The zero-order valence-corrected chi connectivity index (χ0v) is 14.3. The highest BCUT2D eigenvalue weighted by Crippen LogP contribution is 2.24. The molecular weight excluding hydrogens is 336 g/mol. The average Bonchev–Trinajstić information content (AvgIpc) is 3.42. The van der Waals surface area contributed by atoms with Gasteiger partial charge >= 0.3 is 0 Å². The number of aromatic nitrogens is 6. The van der Waals surface area contributed by atoms with Crippen LogP contribution in [0.1, 0.15) is 0 Å². The molecule has 6 aromatic rings. The summed E-state index contributed by atoms with van der Waals surface area (Å²) in [7, 11) is 0. The third-order valence-electron chi connectivity index (χ3n) is 4.91. The summed E-state index contributed by atoms with van der Waals surface area (Å²) in [5.74, 6) is 0. The minimum Gasteiger partial charge on any atom is -0.241 e. The van der Waals surface area contributed by atoms with E-state index >= 15 is 0 Å². The van der Waals surface area contributed by atoms with Gasteiger partial charge in [0.1, 0.15) is 6.20 Å². The zero-order valence-electron chi connectivity index (χ0n) is 14.3. The van der Waals surface area contributed by atoms with Gasteiger partial charge in [0, 0.05) is 30.2 Å². The van der Waals surface area contributed by atoms with Crippen LogP contribution in [0.5, 0.6) is 0 Å². The Morgan fingerprint density at radius 2 is 1.74 bits per heavy atom. The highest BCUT2D eigenvalue weighted by atomic mass is 15.2. The molecule has 6 rings (SSSR count). The number of imidazole rings is 1. The van der Waals surface area contributed by atoms with Crippen molar-refractivity contribution in [3.8, 4) is 16.8 Å². The van der Waals surface area contributed by atoms with E-state index in [1.807, 2.05) is 52.0 Å². The lowest BCUT2D eigenvalue weighted by Gasteiger charge is -1.98. The average molecular weight is 351 g/mol.